The maximum atomic E-state index is 14.0. The van der Waals surface area contributed by atoms with E-state index >= 15 is 0 Å². The number of fused-ring (bicyclic) bond motifs is 1. The Bertz CT molecular complexity index is 977. The smallest absolute Gasteiger partial charge is 0.253 e. The predicted molar refractivity (Wildman–Crippen MR) is 84.9 cm³/mol. The first-order chi connectivity index (χ1) is 12.0. The Morgan fingerprint density at radius 1 is 1.16 bits per heavy atom. The molecule has 0 atom stereocenters. The maximum absolute atomic E-state index is 14.0. The van der Waals surface area contributed by atoms with Crippen LogP contribution in [0.2, 0.25) is 0 Å². The van der Waals surface area contributed by atoms with Crippen molar-refractivity contribution in [1.82, 2.24) is 20.3 Å². The minimum atomic E-state index is -0.959. The van der Waals surface area contributed by atoms with E-state index in [0.29, 0.717) is 29.9 Å². The third kappa shape index (κ3) is 2.61. The summed E-state index contributed by atoms with van der Waals surface area (Å²) in [4.78, 5) is 23.1. The van der Waals surface area contributed by atoms with Gasteiger partial charge in [0.1, 0.15) is 17.4 Å². The second-order valence-electron chi connectivity index (χ2n) is 5.63. The highest BCUT2D eigenvalue weighted by Crippen LogP contribution is 2.29. The summed E-state index contributed by atoms with van der Waals surface area (Å²) in [6.07, 6.45) is 2.05. The summed E-state index contributed by atoms with van der Waals surface area (Å²) in [5.74, 6) is -2.75. The quantitative estimate of drug-likeness (QED) is 0.667. The Morgan fingerprint density at radius 2 is 1.92 bits per heavy atom. The third-order valence-corrected chi connectivity index (χ3v) is 3.99. The fourth-order valence-corrected chi connectivity index (χ4v) is 2.83. The molecular weight excluding hydrogens is 330 g/mol. The topological polar surface area (TPSA) is 90.9 Å². The number of aromatic nitrogens is 3. The summed E-state index contributed by atoms with van der Waals surface area (Å²) in [5.41, 5.74) is 1.86. The van der Waals surface area contributed by atoms with Crippen LogP contribution in [-0.2, 0) is 6.42 Å². The summed E-state index contributed by atoms with van der Waals surface area (Å²) < 4.78 is 28.1. The number of aromatic amines is 1. The highest BCUT2D eigenvalue weighted by Gasteiger charge is 2.21. The summed E-state index contributed by atoms with van der Waals surface area (Å²) in [5, 5.41) is 12.0. The molecule has 0 radical (unpaired) electrons. The van der Waals surface area contributed by atoms with Crippen molar-refractivity contribution in [3.63, 3.8) is 0 Å². The van der Waals surface area contributed by atoms with Crippen LogP contribution < -0.4 is 5.32 Å². The first kappa shape index (κ1) is 15.3. The van der Waals surface area contributed by atoms with E-state index in [4.69, 9.17) is 0 Å². The number of nitrogens with zero attached hydrogens (tertiary/aromatic N) is 2. The zero-order valence-corrected chi connectivity index (χ0v) is 12.8. The number of hydrogen-bond acceptors (Lipinski definition) is 4. The number of carbonyl (C=O) groups excluding carboxylic acids is 1. The summed E-state index contributed by atoms with van der Waals surface area (Å²) >= 11 is 0. The Hall–Kier alpha value is -3.29. The molecule has 1 aliphatic rings. The lowest BCUT2D eigenvalue weighted by atomic mass is 10.1. The number of amides is 1. The number of carbonyl (C=O) groups is 1. The standard InChI is InChI=1S/C17H12F2N4O2/c18-10-5-8(24)6-11(19)15(10)16-20-3-2-13(23-16)14-7-9-12(22-14)1-4-21-17(9)25/h2-3,5-7,22,24H,1,4H2,(H,21,25). The number of phenolic OH excluding ortho intramolecular Hbond substituents is 1. The predicted octanol–water partition coefficient (Wildman–Crippen LogP) is 2.41. The van der Waals surface area contributed by atoms with Crippen LogP contribution in [0, 0.1) is 11.6 Å². The molecule has 126 valence electrons. The number of hydrogen-bond donors (Lipinski definition) is 3. The molecule has 8 heteroatoms. The van der Waals surface area contributed by atoms with Gasteiger partial charge in [-0.2, -0.15) is 0 Å². The second-order valence-corrected chi connectivity index (χ2v) is 5.63. The van der Waals surface area contributed by atoms with Crippen LogP contribution in [0.1, 0.15) is 16.1 Å². The summed E-state index contributed by atoms with van der Waals surface area (Å²) in [6.45, 7) is 0.546. The highest BCUT2D eigenvalue weighted by atomic mass is 19.1. The van der Waals surface area contributed by atoms with Gasteiger partial charge in [-0.3, -0.25) is 4.79 Å². The van der Waals surface area contributed by atoms with Crippen molar-refractivity contribution < 1.29 is 18.7 Å². The maximum Gasteiger partial charge on any atom is 0.253 e. The second kappa shape index (κ2) is 5.66. The number of H-pyrrole nitrogens is 1. The van der Waals surface area contributed by atoms with Crippen molar-refractivity contribution in [2.45, 2.75) is 6.42 Å². The molecule has 0 spiro atoms. The minimum Gasteiger partial charge on any atom is -0.508 e. The molecule has 6 nitrogen and oxygen atoms in total. The molecular formula is C17H12F2N4O2. The zero-order valence-electron chi connectivity index (χ0n) is 12.8. The average molecular weight is 342 g/mol. The first-order valence-corrected chi connectivity index (χ1v) is 7.55. The molecule has 0 bridgehead atoms. The number of nitrogens with one attached hydrogen (secondary N) is 2. The lowest BCUT2D eigenvalue weighted by Gasteiger charge is -2.10. The lowest BCUT2D eigenvalue weighted by molar-refractivity contribution is 0.0946. The number of benzene rings is 1. The number of aromatic hydroxyl groups is 1. The van der Waals surface area contributed by atoms with Gasteiger partial charge >= 0.3 is 0 Å². The molecule has 2 aromatic heterocycles. The normalized spacial score (nSPS) is 13.4. The van der Waals surface area contributed by atoms with E-state index in [-0.39, 0.29) is 11.7 Å². The molecule has 0 fully saturated rings. The number of rotatable bonds is 2. The van der Waals surface area contributed by atoms with Crippen molar-refractivity contribution in [3.8, 4) is 28.5 Å². The van der Waals surface area contributed by atoms with Crippen LogP contribution in [0.25, 0.3) is 22.8 Å². The van der Waals surface area contributed by atoms with Crippen LogP contribution in [-0.4, -0.2) is 32.5 Å². The van der Waals surface area contributed by atoms with E-state index in [1.807, 2.05) is 0 Å². The summed E-state index contributed by atoms with van der Waals surface area (Å²) in [6, 6.07) is 4.83. The molecule has 3 N–H and O–H groups in total. The van der Waals surface area contributed by atoms with Gasteiger partial charge in [0.2, 0.25) is 0 Å². The number of halogens is 2. The SMILES string of the molecule is O=C1NCCc2[nH]c(-c3ccnc(-c4c(F)cc(O)cc4F)n3)cc21. The van der Waals surface area contributed by atoms with Crippen molar-refractivity contribution in [2.75, 3.05) is 6.54 Å². The molecule has 25 heavy (non-hydrogen) atoms. The molecule has 4 rings (SSSR count). The third-order valence-electron chi connectivity index (χ3n) is 3.99. The van der Waals surface area contributed by atoms with E-state index in [2.05, 4.69) is 20.3 Å². The molecule has 3 heterocycles. The van der Waals surface area contributed by atoms with Crippen molar-refractivity contribution >= 4 is 5.91 Å². The van der Waals surface area contributed by atoms with Gasteiger partial charge in [-0.15, -0.1) is 0 Å². The Kier molecular flexibility index (Phi) is 3.45. The van der Waals surface area contributed by atoms with Crippen molar-refractivity contribution in [3.05, 3.63) is 53.4 Å². The molecule has 0 unspecified atom stereocenters. The van der Waals surface area contributed by atoms with E-state index in [1.165, 1.54) is 6.20 Å². The van der Waals surface area contributed by atoms with Crippen LogP contribution in [0.4, 0.5) is 8.78 Å². The fourth-order valence-electron chi connectivity index (χ4n) is 2.83. The van der Waals surface area contributed by atoms with Gasteiger partial charge < -0.3 is 15.4 Å². The molecule has 0 saturated carbocycles. The van der Waals surface area contributed by atoms with Gasteiger partial charge in [0.25, 0.3) is 5.91 Å². The largest absolute Gasteiger partial charge is 0.508 e. The van der Waals surface area contributed by atoms with Crippen molar-refractivity contribution in [2.24, 2.45) is 0 Å². The average Bonchev–Trinajstić information content (AvgIpc) is 3.00. The van der Waals surface area contributed by atoms with Crippen LogP contribution in [0.15, 0.2) is 30.5 Å². The van der Waals surface area contributed by atoms with Crippen LogP contribution >= 0.6 is 0 Å². The van der Waals surface area contributed by atoms with Gasteiger partial charge in [-0.25, -0.2) is 18.7 Å². The number of phenols is 1. The lowest BCUT2D eigenvalue weighted by Crippen LogP contribution is -2.31. The monoisotopic (exact) mass is 342 g/mol. The van der Waals surface area contributed by atoms with Gasteiger partial charge in [0.15, 0.2) is 5.82 Å². The summed E-state index contributed by atoms with van der Waals surface area (Å²) in [7, 11) is 0. The molecule has 0 saturated heterocycles. The zero-order chi connectivity index (χ0) is 17.6. The first-order valence-electron chi connectivity index (χ1n) is 7.55. The molecule has 1 aromatic carbocycles. The van der Waals surface area contributed by atoms with E-state index in [1.54, 1.807) is 12.1 Å². The van der Waals surface area contributed by atoms with Gasteiger partial charge in [0.05, 0.1) is 22.5 Å². The minimum absolute atomic E-state index is 0.149. The molecule has 1 aliphatic heterocycles. The van der Waals surface area contributed by atoms with Gasteiger partial charge in [-0.05, 0) is 12.1 Å². The highest BCUT2D eigenvalue weighted by molar-refractivity contribution is 5.97. The Balaban J connectivity index is 1.80. The van der Waals surface area contributed by atoms with E-state index in [9.17, 15) is 18.7 Å². The molecule has 3 aromatic rings. The van der Waals surface area contributed by atoms with E-state index < -0.39 is 22.9 Å². The Labute approximate surface area is 140 Å². The van der Waals surface area contributed by atoms with Crippen molar-refractivity contribution in [1.29, 1.82) is 0 Å². The van der Waals surface area contributed by atoms with Crippen LogP contribution in [0.3, 0.4) is 0 Å². The van der Waals surface area contributed by atoms with Gasteiger partial charge in [-0.1, -0.05) is 0 Å². The molecule has 1 amide bonds. The molecule has 0 aliphatic carbocycles. The Morgan fingerprint density at radius 3 is 2.64 bits per heavy atom. The van der Waals surface area contributed by atoms with E-state index in [0.717, 1.165) is 17.8 Å². The van der Waals surface area contributed by atoms with Gasteiger partial charge in [0, 0.05) is 37.0 Å². The van der Waals surface area contributed by atoms with Crippen LogP contribution in [0.5, 0.6) is 5.75 Å². The fraction of sp³-hybridized carbons (Fsp3) is 0.118.